The standard InChI is InChI=1S/C16H20N4OS2/c1-8(2)6-12-19-13(21-20-12)7-22-15-14-9(3)10(4)23-16(14)18-11(5)17-15/h8H,6-7H2,1-5H3. The summed E-state index contributed by atoms with van der Waals surface area (Å²) in [6, 6.07) is 0. The number of hydrogen-bond donors (Lipinski definition) is 0. The van der Waals surface area contributed by atoms with E-state index in [0.717, 1.165) is 33.3 Å². The van der Waals surface area contributed by atoms with Gasteiger partial charge in [0.1, 0.15) is 15.7 Å². The van der Waals surface area contributed by atoms with Crippen molar-refractivity contribution in [3.63, 3.8) is 0 Å². The summed E-state index contributed by atoms with van der Waals surface area (Å²) >= 11 is 3.36. The maximum atomic E-state index is 5.34. The van der Waals surface area contributed by atoms with Gasteiger partial charge >= 0.3 is 0 Å². The number of fused-ring (bicyclic) bond motifs is 1. The highest BCUT2D eigenvalue weighted by atomic mass is 32.2. The Morgan fingerprint density at radius 1 is 1.13 bits per heavy atom. The Morgan fingerprint density at radius 3 is 2.65 bits per heavy atom. The highest BCUT2D eigenvalue weighted by molar-refractivity contribution is 7.98. The quantitative estimate of drug-likeness (QED) is 0.500. The predicted octanol–water partition coefficient (Wildman–Crippen LogP) is 4.49. The summed E-state index contributed by atoms with van der Waals surface area (Å²) in [5.41, 5.74) is 1.26. The van der Waals surface area contributed by atoms with Crippen molar-refractivity contribution in [2.75, 3.05) is 0 Å². The molecule has 0 radical (unpaired) electrons. The van der Waals surface area contributed by atoms with E-state index in [4.69, 9.17) is 4.52 Å². The molecule has 0 fully saturated rings. The molecule has 0 unspecified atom stereocenters. The molecule has 23 heavy (non-hydrogen) atoms. The van der Waals surface area contributed by atoms with E-state index in [1.807, 2.05) is 6.92 Å². The molecule has 0 saturated heterocycles. The highest BCUT2D eigenvalue weighted by Crippen LogP contribution is 2.36. The third kappa shape index (κ3) is 3.55. The van der Waals surface area contributed by atoms with Crippen LogP contribution in [0, 0.1) is 26.7 Å². The fourth-order valence-corrected chi connectivity index (χ4v) is 4.45. The van der Waals surface area contributed by atoms with Gasteiger partial charge in [-0.3, -0.25) is 0 Å². The number of rotatable bonds is 5. The smallest absolute Gasteiger partial charge is 0.237 e. The average molecular weight is 348 g/mol. The van der Waals surface area contributed by atoms with Crippen LogP contribution < -0.4 is 0 Å². The molecular formula is C16H20N4OS2. The zero-order valence-corrected chi connectivity index (χ0v) is 15.6. The molecule has 122 valence electrons. The molecule has 0 aliphatic carbocycles. The summed E-state index contributed by atoms with van der Waals surface area (Å²) in [7, 11) is 0. The molecule has 0 amide bonds. The zero-order chi connectivity index (χ0) is 16.6. The molecule has 3 heterocycles. The summed E-state index contributed by atoms with van der Waals surface area (Å²) in [4.78, 5) is 16.0. The maximum absolute atomic E-state index is 5.34. The second-order valence-corrected chi connectivity index (χ2v) is 8.20. The summed E-state index contributed by atoms with van der Waals surface area (Å²) in [6.07, 6.45) is 0.841. The molecular weight excluding hydrogens is 328 g/mol. The van der Waals surface area contributed by atoms with Crippen molar-refractivity contribution in [3.8, 4) is 0 Å². The summed E-state index contributed by atoms with van der Waals surface area (Å²) < 4.78 is 5.34. The normalized spacial score (nSPS) is 11.7. The molecule has 0 aliphatic rings. The fraction of sp³-hybridized carbons (Fsp3) is 0.500. The molecule has 0 aromatic carbocycles. The number of hydrogen-bond acceptors (Lipinski definition) is 7. The second-order valence-electron chi connectivity index (χ2n) is 6.03. The Balaban J connectivity index is 1.83. The van der Waals surface area contributed by atoms with Gasteiger partial charge in [0.2, 0.25) is 5.89 Å². The molecule has 0 bridgehead atoms. The van der Waals surface area contributed by atoms with E-state index in [1.54, 1.807) is 23.1 Å². The molecule has 5 nitrogen and oxygen atoms in total. The van der Waals surface area contributed by atoms with Gasteiger partial charge < -0.3 is 4.52 Å². The SMILES string of the molecule is Cc1nc(SCc2nc(CC(C)C)no2)c2c(C)c(C)sc2n1. The molecule has 0 atom stereocenters. The minimum Gasteiger partial charge on any atom is -0.338 e. The van der Waals surface area contributed by atoms with E-state index in [1.165, 1.54) is 10.4 Å². The van der Waals surface area contributed by atoms with Gasteiger partial charge in [-0.05, 0) is 32.3 Å². The van der Waals surface area contributed by atoms with Crippen molar-refractivity contribution < 1.29 is 4.52 Å². The lowest BCUT2D eigenvalue weighted by atomic mass is 10.1. The van der Waals surface area contributed by atoms with Gasteiger partial charge in [-0.2, -0.15) is 4.98 Å². The van der Waals surface area contributed by atoms with Crippen molar-refractivity contribution in [1.29, 1.82) is 0 Å². The van der Waals surface area contributed by atoms with Gasteiger partial charge in [-0.15, -0.1) is 11.3 Å². The van der Waals surface area contributed by atoms with Crippen molar-refractivity contribution in [1.82, 2.24) is 20.1 Å². The van der Waals surface area contributed by atoms with Crippen LogP contribution in [0.3, 0.4) is 0 Å². The Morgan fingerprint density at radius 2 is 1.91 bits per heavy atom. The number of thioether (sulfide) groups is 1. The molecule has 0 aliphatic heterocycles. The van der Waals surface area contributed by atoms with Crippen LogP contribution in [-0.2, 0) is 12.2 Å². The Kier molecular flexibility index (Phi) is 4.68. The third-order valence-corrected chi connectivity index (χ3v) is 5.60. The Labute approximate surface area is 143 Å². The number of aryl methyl sites for hydroxylation is 3. The van der Waals surface area contributed by atoms with E-state index >= 15 is 0 Å². The van der Waals surface area contributed by atoms with Crippen LogP contribution >= 0.6 is 23.1 Å². The van der Waals surface area contributed by atoms with Gasteiger partial charge in [0.05, 0.1) is 5.75 Å². The highest BCUT2D eigenvalue weighted by Gasteiger charge is 2.15. The van der Waals surface area contributed by atoms with E-state index in [0.29, 0.717) is 17.6 Å². The van der Waals surface area contributed by atoms with E-state index in [-0.39, 0.29) is 0 Å². The van der Waals surface area contributed by atoms with Gasteiger partial charge in [0.25, 0.3) is 0 Å². The Bertz CT molecular complexity index is 838. The largest absolute Gasteiger partial charge is 0.338 e. The number of aromatic nitrogens is 4. The predicted molar refractivity (Wildman–Crippen MR) is 94.0 cm³/mol. The molecule has 0 N–H and O–H groups in total. The van der Waals surface area contributed by atoms with E-state index < -0.39 is 0 Å². The topological polar surface area (TPSA) is 64.7 Å². The van der Waals surface area contributed by atoms with Crippen LogP contribution in [0.4, 0.5) is 0 Å². The third-order valence-electron chi connectivity index (χ3n) is 3.54. The Hall–Kier alpha value is -1.47. The molecule has 7 heteroatoms. The monoisotopic (exact) mass is 348 g/mol. The van der Waals surface area contributed by atoms with Crippen LogP contribution in [0.15, 0.2) is 9.55 Å². The minimum atomic E-state index is 0.522. The van der Waals surface area contributed by atoms with Crippen molar-refractivity contribution in [3.05, 3.63) is 28.0 Å². The second kappa shape index (κ2) is 6.57. The van der Waals surface area contributed by atoms with Crippen LogP contribution in [0.5, 0.6) is 0 Å². The van der Waals surface area contributed by atoms with Crippen LogP contribution in [0.25, 0.3) is 10.2 Å². The number of thiophene rings is 1. The van der Waals surface area contributed by atoms with Crippen molar-refractivity contribution in [2.45, 2.75) is 51.8 Å². The molecule has 3 aromatic rings. The number of nitrogens with zero attached hydrogens (tertiary/aromatic N) is 4. The maximum Gasteiger partial charge on any atom is 0.237 e. The van der Waals surface area contributed by atoms with Gasteiger partial charge in [0.15, 0.2) is 5.82 Å². The zero-order valence-electron chi connectivity index (χ0n) is 14.0. The minimum absolute atomic E-state index is 0.522. The summed E-state index contributed by atoms with van der Waals surface area (Å²) in [5, 5.41) is 6.20. The van der Waals surface area contributed by atoms with E-state index in [9.17, 15) is 0 Å². The lowest BCUT2D eigenvalue weighted by Crippen LogP contribution is -1.96. The first-order chi connectivity index (χ1) is 10.9. The van der Waals surface area contributed by atoms with Gasteiger partial charge in [-0.1, -0.05) is 30.8 Å². The molecule has 3 aromatic heterocycles. The van der Waals surface area contributed by atoms with Gasteiger partial charge in [-0.25, -0.2) is 9.97 Å². The summed E-state index contributed by atoms with van der Waals surface area (Å²) in [6.45, 7) is 10.5. The van der Waals surface area contributed by atoms with E-state index in [2.05, 4.69) is 47.8 Å². The van der Waals surface area contributed by atoms with Crippen LogP contribution in [0.2, 0.25) is 0 Å². The van der Waals surface area contributed by atoms with Crippen LogP contribution in [-0.4, -0.2) is 20.1 Å². The fourth-order valence-electron chi connectivity index (χ4n) is 2.35. The van der Waals surface area contributed by atoms with Crippen molar-refractivity contribution in [2.24, 2.45) is 5.92 Å². The first-order valence-corrected chi connectivity index (χ1v) is 9.43. The van der Waals surface area contributed by atoms with Crippen LogP contribution in [0.1, 0.15) is 41.8 Å². The lowest BCUT2D eigenvalue weighted by Gasteiger charge is -2.03. The lowest BCUT2D eigenvalue weighted by molar-refractivity contribution is 0.382. The summed E-state index contributed by atoms with van der Waals surface area (Å²) in [5.74, 6) is 3.38. The van der Waals surface area contributed by atoms with Gasteiger partial charge in [0, 0.05) is 16.7 Å². The first kappa shape index (κ1) is 16.4. The molecule has 0 saturated carbocycles. The molecule has 3 rings (SSSR count). The molecule has 0 spiro atoms. The first-order valence-electron chi connectivity index (χ1n) is 7.62. The van der Waals surface area contributed by atoms with Crippen molar-refractivity contribution >= 4 is 33.3 Å². The average Bonchev–Trinajstić information content (AvgIpc) is 3.01.